The maximum atomic E-state index is 14.2. The Hall–Kier alpha value is -3.24. The van der Waals surface area contributed by atoms with E-state index >= 15 is 0 Å². The number of nitrogens with two attached hydrogens (primary N) is 1. The highest BCUT2D eigenvalue weighted by molar-refractivity contribution is 6.01. The van der Waals surface area contributed by atoms with Gasteiger partial charge in [0.2, 0.25) is 5.91 Å². The number of hydrogen-bond acceptors (Lipinski definition) is 2. The van der Waals surface area contributed by atoms with Gasteiger partial charge in [0.15, 0.2) is 0 Å². The fourth-order valence-electron chi connectivity index (χ4n) is 3.24. The monoisotopic (exact) mass is 431 g/mol. The highest BCUT2D eigenvalue weighted by Crippen LogP contribution is 2.35. The maximum absolute atomic E-state index is 14.2. The Morgan fingerprint density at radius 3 is 2.50 bits per heavy atom. The SMILES string of the molecule is NC(=O)N[C@@H]1Cc2ccc(C(F)F)cc2N(Cc2cc(C(F)(F)F)ccc2F)C1=O. The van der Waals surface area contributed by atoms with Crippen molar-refractivity contribution in [1.82, 2.24) is 5.32 Å². The Morgan fingerprint density at radius 1 is 1.20 bits per heavy atom. The van der Waals surface area contributed by atoms with E-state index in [4.69, 9.17) is 5.73 Å². The largest absolute Gasteiger partial charge is 0.416 e. The summed E-state index contributed by atoms with van der Waals surface area (Å²) in [5.41, 5.74) is 3.40. The standard InChI is InChI=1S/C19H15F6N3O2/c20-13-4-3-12(19(23,24)25)5-11(13)8-28-15-7-10(16(21)22)2-1-9(15)6-14(17(28)29)27-18(26)30/h1-5,7,14,16H,6,8H2,(H3,26,27,30)/t14-/m1/s1. The summed E-state index contributed by atoms with van der Waals surface area (Å²) in [6.45, 7) is -0.661. The van der Waals surface area contributed by atoms with Crippen LogP contribution in [0.2, 0.25) is 0 Å². The van der Waals surface area contributed by atoms with E-state index in [1.165, 1.54) is 6.07 Å². The normalized spacial score (nSPS) is 16.6. The molecule has 2 aromatic carbocycles. The molecule has 1 atom stereocenters. The summed E-state index contributed by atoms with van der Waals surface area (Å²) in [6, 6.07) is 2.97. The molecule has 0 saturated heterocycles. The number of nitrogens with zero attached hydrogens (tertiary/aromatic N) is 1. The van der Waals surface area contributed by atoms with Crippen LogP contribution in [0.3, 0.4) is 0 Å². The van der Waals surface area contributed by atoms with Crippen molar-refractivity contribution in [2.24, 2.45) is 5.73 Å². The summed E-state index contributed by atoms with van der Waals surface area (Å²) in [5, 5.41) is 2.20. The first-order chi connectivity index (χ1) is 14.0. The molecule has 3 amide bonds. The molecule has 0 saturated carbocycles. The van der Waals surface area contributed by atoms with Crippen LogP contribution in [0.15, 0.2) is 36.4 Å². The number of benzene rings is 2. The van der Waals surface area contributed by atoms with E-state index in [9.17, 15) is 35.9 Å². The minimum atomic E-state index is -4.74. The van der Waals surface area contributed by atoms with Gasteiger partial charge in [-0.05, 0) is 29.8 Å². The zero-order valence-corrected chi connectivity index (χ0v) is 15.1. The molecule has 0 bridgehead atoms. The summed E-state index contributed by atoms with van der Waals surface area (Å²) < 4.78 is 79.4. The van der Waals surface area contributed by atoms with Crippen LogP contribution in [0.5, 0.6) is 0 Å². The fourth-order valence-corrected chi connectivity index (χ4v) is 3.24. The van der Waals surface area contributed by atoms with Gasteiger partial charge in [-0.2, -0.15) is 13.2 Å². The first-order valence-corrected chi connectivity index (χ1v) is 8.61. The van der Waals surface area contributed by atoms with Crippen LogP contribution in [0.25, 0.3) is 0 Å². The molecule has 0 unspecified atom stereocenters. The van der Waals surface area contributed by atoms with Crippen LogP contribution in [0, 0.1) is 5.82 Å². The third kappa shape index (κ3) is 4.34. The van der Waals surface area contributed by atoms with Crippen molar-refractivity contribution >= 4 is 17.6 Å². The van der Waals surface area contributed by atoms with Gasteiger partial charge in [0, 0.05) is 23.2 Å². The minimum absolute atomic E-state index is 0.00266. The topological polar surface area (TPSA) is 75.4 Å². The molecule has 3 N–H and O–H groups in total. The molecule has 1 aliphatic heterocycles. The lowest BCUT2D eigenvalue weighted by atomic mass is 9.94. The van der Waals surface area contributed by atoms with Crippen LogP contribution in [-0.4, -0.2) is 18.0 Å². The Bertz CT molecular complexity index is 993. The quantitative estimate of drug-likeness (QED) is 0.721. The number of carbonyl (C=O) groups is 2. The van der Waals surface area contributed by atoms with Crippen molar-refractivity contribution < 1.29 is 35.9 Å². The van der Waals surface area contributed by atoms with Crippen molar-refractivity contribution in [2.75, 3.05) is 4.90 Å². The van der Waals surface area contributed by atoms with Crippen molar-refractivity contribution in [3.8, 4) is 0 Å². The number of alkyl halides is 5. The molecule has 1 aliphatic rings. The minimum Gasteiger partial charge on any atom is -0.352 e. The Kier molecular flexibility index (Phi) is 5.64. The van der Waals surface area contributed by atoms with E-state index < -0.39 is 59.6 Å². The highest BCUT2D eigenvalue weighted by Gasteiger charge is 2.36. The van der Waals surface area contributed by atoms with E-state index in [0.29, 0.717) is 23.8 Å². The Balaban J connectivity index is 2.06. The summed E-state index contributed by atoms with van der Waals surface area (Å²) in [7, 11) is 0. The molecule has 0 fully saturated rings. The van der Waals surface area contributed by atoms with Gasteiger partial charge in [-0.3, -0.25) is 4.79 Å². The molecular formula is C19H15F6N3O2. The molecule has 11 heteroatoms. The summed E-state index contributed by atoms with van der Waals surface area (Å²) >= 11 is 0. The third-order valence-electron chi connectivity index (χ3n) is 4.66. The van der Waals surface area contributed by atoms with Gasteiger partial charge in [0.1, 0.15) is 11.9 Å². The molecule has 0 radical (unpaired) electrons. The van der Waals surface area contributed by atoms with E-state index in [0.717, 1.165) is 17.0 Å². The van der Waals surface area contributed by atoms with Gasteiger partial charge >= 0.3 is 12.2 Å². The predicted molar refractivity (Wildman–Crippen MR) is 94.2 cm³/mol. The lowest BCUT2D eigenvalue weighted by molar-refractivity contribution is -0.137. The number of hydrogen-bond donors (Lipinski definition) is 2. The maximum Gasteiger partial charge on any atom is 0.416 e. The zero-order chi connectivity index (χ0) is 22.2. The number of rotatable bonds is 4. The first kappa shape index (κ1) is 21.5. The smallest absolute Gasteiger partial charge is 0.352 e. The van der Waals surface area contributed by atoms with Crippen molar-refractivity contribution in [3.63, 3.8) is 0 Å². The molecule has 1 heterocycles. The van der Waals surface area contributed by atoms with Gasteiger partial charge < -0.3 is 16.0 Å². The van der Waals surface area contributed by atoms with Crippen molar-refractivity contribution in [1.29, 1.82) is 0 Å². The van der Waals surface area contributed by atoms with Gasteiger partial charge in [-0.1, -0.05) is 12.1 Å². The van der Waals surface area contributed by atoms with Crippen LogP contribution in [0.1, 0.15) is 28.7 Å². The second-order valence-corrected chi connectivity index (χ2v) is 6.68. The molecule has 30 heavy (non-hydrogen) atoms. The lowest BCUT2D eigenvalue weighted by Gasteiger charge is -2.35. The van der Waals surface area contributed by atoms with Gasteiger partial charge in [0.05, 0.1) is 12.1 Å². The van der Waals surface area contributed by atoms with Crippen LogP contribution in [0.4, 0.5) is 36.8 Å². The van der Waals surface area contributed by atoms with E-state index in [1.807, 2.05) is 0 Å². The number of fused-ring (bicyclic) bond motifs is 1. The number of nitrogens with one attached hydrogen (secondary N) is 1. The zero-order valence-electron chi connectivity index (χ0n) is 15.1. The van der Waals surface area contributed by atoms with Gasteiger partial charge in [-0.15, -0.1) is 0 Å². The molecule has 0 aromatic heterocycles. The number of halogens is 6. The van der Waals surface area contributed by atoms with E-state index in [1.54, 1.807) is 0 Å². The number of carbonyl (C=O) groups excluding carboxylic acids is 2. The van der Waals surface area contributed by atoms with Crippen LogP contribution in [-0.2, 0) is 23.9 Å². The second-order valence-electron chi connectivity index (χ2n) is 6.68. The average molecular weight is 431 g/mol. The number of primary amides is 1. The average Bonchev–Trinajstić information content (AvgIpc) is 2.64. The van der Waals surface area contributed by atoms with E-state index in [2.05, 4.69) is 5.32 Å². The van der Waals surface area contributed by atoms with Crippen LogP contribution < -0.4 is 16.0 Å². The summed E-state index contributed by atoms with van der Waals surface area (Å²) in [5.74, 6) is -1.82. The first-order valence-electron chi connectivity index (χ1n) is 8.61. The summed E-state index contributed by atoms with van der Waals surface area (Å²) in [4.78, 5) is 24.9. The molecule has 0 aliphatic carbocycles. The Morgan fingerprint density at radius 2 is 1.90 bits per heavy atom. The molecule has 5 nitrogen and oxygen atoms in total. The van der Waals surface area contributed by atoms with E-state index in [-0.39, 0.29) is 12.1 Å². The van der Waals surface area contributed by atoms with Crippen molar-refractivity contribution in [3.05, 3.63) is 64.5 Å². The Labute approximate surface area is 166 Å². The number of urea groups is 1. The highest BCUT2D eigenvalue weighted by atomic mass is 19.4. The number of amides is 3. The predicted octanol–water partition coefficient (Wildman–Crippen LogP) is 3.91. The molecule has 3 rings (SSSR count). The van der Waals surface area contributed by atoms with Crippen molar-refractivity contribution in [2.45, 2.75) is 31.6 Å². The van der Waals surface area contributed by atoms with Crippen LogP contribution >= 0.6 is 0 Å². The molecular weight excluding hydrogens is 416 g/mol. The molecule has 160 valence electrons. The fraction of sp³-hybridized carbons (Fsp3) is 0.263. The van der Waals surface area contributed by atoms with Gasteiger partial charge in [0.25, 0.3) is 6.43 Å². The third-order valence-corrected chi connectivity index (χ3v) is 4.66. The molecule has 0 spiro atoms. The lowest BCUT2D eigenvalue weighted by Crippen LogP contribution is -2.53. The summed E-state index contributed by atoms with van der Waals surface area (Å²) in [6.07, 6.45) is -7.67. The van der Waals surface area contributed by atoms with Gasteiger partial charge in [-0.25, -0.2) is 18.0 Å². The number of anilines is 1. The second kappa shape index (κ2) is 7.88. The molecule has 2 aromatic rings.